The third-order valence-corrected chi connectivity index (χ3v) is 6.06. The molecule has 4 rings (SSSR count). The van der Waals surface area contributed by atoms with E-state index in [1.807, 2.05) is 13.2 Å². The van der Waals surface area contributed by atoms with Crippen LogP contribution in [-0.2, 0) is 11.3 Å². The number of likely N-dealkylation sites (tertiary alicyclic amines) is 1. The number of aromatic nitrogens is 1. The predicted molar refractivity (Wildman–Crippen MR) is 107 cm³/mol. The first-order chi connectivity index (χ1) is 13.2. The lowest BCUT2D eigenvalue weighted by molar-refractivity contribution is -0.119. The van der Waals surface area contributed by atoms with Crippen LogP contribution < -0.4 is 15.5 Å². The fourth-order valence-corrected chi connectivity index (χ4v) is 4.63. The van der Waals surface area contributed by atoms with Crippen LogP contribution in [-0.4, -0.2) is 61.5 Å². The number of hydrogen-bond donors (Lipinski definition) is 2. The summed E-state index contributed by atoms with van der Waals surface area (Å²) in [6, 6.07) is 4.25. The van der Waals surface area contributed by atoms with Crippen LogP contribution in [0.3, 0.4) is 0 Å². The van der Waals surface area contributed by atoms with Crippen LogP contribution in [0, 0.1) is 5.41 Å². The van der Waals surface area contributed by atoms with Crippen LogP contribution in [0.5, 0.6) is 0 Å². The number of pyridine rings is 1. The number of amides is 1. The molecule has 0 bridgehead atoms. The number of hydrogen-bond acceptors (Lipinski definition) is 4. The third kappa shape index (κ3) is 4.01. The number of aliphatic imine (C=N–C) groups is 1. The second-order valence-electron chi connectivity index (χ2n) is 8.10. The first kappa shape index (κ1) is 18.1. The number of nitrogens with one attached hydrogen (secondary N) is 2. The van der Waals surface area contributed by atoms with E-state index >= 15 is 0 Å². The number of piperidine rings is 1. The monoisotopic (exact) mass is 370 g/mol. The highest BCUT2D eigenvalue weighted by molar-refractivity contribution is 5.81. The van der Waals surface area contributed by atoms with Crippen molar-refractivity contribution in [1.29, 1.82) is 0 Å². The standard InChI is InChI=1S/C20H30N6O/c1-21-19(26-10-4-6-20(15-26)12-18(27)24-14-20)23-13-16-5-7-22-17(11-16)25-8-2-3-9-25/h5,7,11H,2-4,6,8-10,12-15H2,1H3,(H,21,23)(H,24,27). The molecule has 0 aliphatic carbocycles. The summed E-state index contributed by atoms with van der Waals surface area (Å²) >= 11 is 0. The Labute approximate surface area is 161 Å². The Bertz CT molecular complexity index is 714. The van der Waals surface area contributed by atoms with Crippen molar-refractivity contribution in [3.8, 4) is 0 Å². The lowest BCUT2D eigenvalue weighted by Crippen LogP contribution is -2.51. The van der Waals surface area contributed by atoms with Gasteiger partial charge in [-0.15, -0.1) is 0 Å². The van der Waals surface area contributed by atoms with Gasteiger partial charge < -0.3 is 20.4 Å². The van der Waals surface area contributed by atoms with Crippen molar-refractivity contribution in [3.05, 3.63) is 23.9 Å². The Kier molecular flexibility index (Phi) is 5.18. The second-order valence-corrected chi connectivity index (χ2v) is 8.10. The minimum atomic E-state index is 0.0759. The molecular formula is C20H30N6O. The van der Waals surface area contributed by atoms with Gasteiger partial charge >= 0.3 is 0 Å². The summed E-state index contributed by atoms with van der Waals surface area (Å²) in [5.74, 6) is 2.19. The molecule has 3 fully saturated rings. The van der Waals surface area contributed by atoms with E-state index in [1.54, 1.807) is 0 Å². The van der Waals surface area contributed by atoms with Gasteiger partial charge in [-0.3, -0.25) is 9.79 Å². The van der Waals surface area contributed by atoms with E-state index in [9.17, 15) is 4.79 Å². The van der Waals surface area contributed by atoms with Crippen molar-refractivity contribution >= 4 is 17.7 Å². The molecule has 0 aromatic carbocycles. The Morgan fingerprint density at radius 1 is 1.33 bits per heavy atom. The smallest absolute Gasteiger partial charge is 0.220 e. The fourth-order valence-electron chi connectivity index (χ4n) is 4.63. The van der Waals surface area contributed by atoms with Gasteiger partial charge in [-0.2, -0.15) is 0 Å². The van der Waals surface area contributed by atoms with Crippen LogP contribution in [0.4, 0.5) is 5.82 Å². The molecule has 2 N–H and O–H groups in total. The maximum Gasteiger partial charge on any atom is 0.220 e. The molecule has 27 heavy (non-hydrogen) atoms. The number of guanidine groups is 1. The van der Waals surface area contributed by atoms with Crippen molar-refractivity contribution in [2.24, 2.45) is 10.4 Å². The first-order valence-corrected chi connectivity index (χ1v) is 10.1. The fraction of sp³-hybridized carbons (Fsp3) is 0.650. The van der Waals surface area contributed by atoms with E-state index in [0.717, 1.165) is 63.9 Å². The Morgan fingerprint density at radius 3 is 2.93 bits per heavy atom. The lowest BCUT2D eigenvalue weighted by Gasteiger charge is -2.40. The zero-order valence-corrected chi connectivity index (χ0v) is 16.2. The summed E-state index contributed by atoms with van der Waals surface area (Å²) in [5.41, 5.74) is 1.30. The summed E-state index contributed by atoms with van der Waals surface area (Å²) in [4.78, 5) is 25.4. The van der Waals surface area contributed by atoms with Crippen LogP contribution in [0.15, 0.2) is 23.3 Å². The molecule has 1 aromatic rings. The lowest BCUT2D eigenvalue weighted by atomic mass is 9.79. The largest absolute Gasteiger partial charge is 0.357 e. The normalized spacial score (nSPS) is 26.0. The molecule has 1 unspecified atom stereocenters. The zero-order chi connectivity index (χ0) is 18.7. The molecule has 146 valence electrons. The predicted octanol–water partition coefficient (Wildman–Crippen LogP) is 1.36. The number of rotatable bonds is 3. The maximum atomic E-state index is 11.7. The molecule has 4 heterocycles. The molecule has 7 heteroatoms. The van der Waals surface area contributed by atoms with Crippen LogP contribution in [0.25, 0.3) is 0 Å². The topological polar surface area (TPSA) is 72.9 Å². The molecule has 1 amide bonds. The highest BCUT2D eigenvalue weighted by atomic mass is 16.1. The van der Waals surface area contributed by atoms with E-state index in [4.69, 9.17) is 0 Å². The highest BCUT2D eigenvalue weighted by Gasteiger charge is 2.42. The summed E-state index contributed by atoms with van der Waals surface area (Å²) in [6.07, 6.45) is 7.27. The van der Waals surface area contributed by atoms with E-state index in [1.165, 1.54) is 18.4 Å². The average molecular weight is 371 g/mol. The summed E-state index contributed by atoms with van der Waals surface area (Å²) < 4.78 is 0. The van der Waals surface area contributed by atoms with Gasteiger partial charge in [0.2, 0.25) is 5.91 Å². The molecule has 0 saturated carbocycles. The Morgan fingerprint density at radius 2 is 2.19 bits per heavy atom. The van der Waals surface area contributed by atoms with Crippen molar-refractivity contribution in [2.75, 3.05) is 44.7 Å². The van der Waals surface area contributed by atoms with Gasteiger partial charge in [0.25, 0.3) is 0 Å². The molecule has 3 aliphatic rings. The van der Waals surface area contributed by atoms with Crippen molar-refractivity contribution in [3.63, 3.8) is 0 Å². The minimum Gasteiger partial charge on any atom is -0.357 e. The first-order valence-electron chi connectivity index (χ1n) is 10.1. The van der Waals surface area contributed by atoms with E-state index in [0.29, 0.717) is 6.42 Å². The van der Waals surface area contributed by atoms with Crippen LogP contribution >= 0.6 is 0 Å². The molecule has 1 spiro atoms. The van der Waals surface area contributed by atoms with Crippen LogP contribution in [0.2, 0.25) is 0 Å². The summed E-state index contributed by atoms with van der Waals surface area (Å²) in [7, 11) is 1.84. The Hall–Kier alpha value is -2.31. The molecule has 3 saturated heterocycles. The molecule has 1 atom stereocenters. The number of nitrogens with zero attached hydrogens (tertiary/aromatic N) is 4. The van der Waals surface area contributed by atoms with Gasteiger partial charge in [0.05, 0.1) is 0 Å². The van der Waals surface area contributed by atoms with E-state index in [-0.39, 0.29) is 11.3 Å². The van der Waals surface area contributed by atoms with Crippen molar-refractivity contribution in [2.45, 2.75) is 38.6 Å². The van der Waals surface area contributed by atoms with Gasteiger partial charge in [0.1, 0.15) is 5.82 Å². The molecule has 3 aliphatic heterocycles. The van der Waals surface area contributed by atoms with Crippen molar-refractivity contribution in [1.82, 2.24) is 20.5 Å². The van der Waals surface area contributed by atoms with Gasteiger partial charge in [-0.1, -0.05) is 0 Å². The van der Waals surface area contributed by atoms with E-state index < -0.39 is 0 Å². The number of carbonyl (C=O) groups is 1. The maximum absolute atomic E-state index is 11.7. The third-order valence-electron chi connectivity index (χ3n) is 6.06. The minimum absolute atomic E-state index is 0.0759. The molecule has 7 nitrogen and oxygen atoms in total. The zero-order valence-electron chi connectivity index (χ0n) is 16.2. The van der Waals surface area contributed by atoms with Gasteiger partial charge in [0, 0.05) is 64.3 Å². The van der Waals surface area contributed by atoms with Gasteiger partial charge in [-0.25, -0.2) is 4.98 Å². The Balaban J connectivity index is 1.38. The molecular weight excluding hydrogens is 340 g/mol. The highest BCUT2D eigenvalue weighted by Crippen LogP contribution is 2.36. The van der Waals surface area contributed by atoms with Crippen molar-refractivity contribution < 1.29 is 4.79 Å². The van der Waals surface area contributed by atoms with Gasteiger partial charge in [-0.05, 0) is 43.4 Å². The SMILES string of the molecule is CN=C(NCc1ccnc(N2CCCC2)c1)N1CCCC2(CNC(=O)C2)C1. The number of carbonyl (C=O) groups excluding carboxylic acids is 1. The summed E-state index contributed by atoms with van der Waals surface area (Å²) in [6.45, 7) is 5.62. The molecule has 0 radical (unpaired) electrons. The van der Waals surface area contributed by atoms with Crippen LogP contribution in [0.1, 0.15) is 37.7 Å². The second kappa shape index (κ2) is 7.74. The average Bonchev–Trinajstić information content (AvgIpc) is 3.33. The summed E-state index contributed by atoms with van der Waals surface area (Å²) in [5, 5.41) is 6.53. The molecule has 1 aromatic heterocycles. The van der Waals surface area contributed by atoms with E-state index in [2.05, 4.69) is 42.5 Å². The quantitative estimate of drug-likeness (QED) is 0.621. The van der Waals surface area contributed by atoms with Gasteiger partial charge in [0.15, 0.2) is 5.96 Å². The number of anilines is 1.